The van der Waals surface area contributed by atoms with E-state index in [4.69, 9.17) is 0 Å². The van der Waals surface area contributed by atoms with Crippen LogP contribution in [0.2, 0.25) is 0 Å². The normalized spacial score (nSPS) is 11.6. The highest BCUT2D eigenvalue weighted by Crippen LogP contribution is 2.28. The zero-order valence-electron chi connectivity index (χ0n) is 62.0. The minimum atomic E-state index is -0.222. The van der Waals surface area contributed by atoms with Crippen LogP contribution in [0.4, 0.5) is 8.78 Å². The van der Waals surface area contributed by atoms with Gasteiger partial charge in [0.15, 0.2) is 0 Å². The Hall–Kier alpha value is -6.69. The number of hydrogen-bond donors (Lipinski definition) is 0. The molecule has 0 aliphatic heterocycles. The fourth-order valence-corrected chi connectivity index (χ4v) is 9.31. The lowest BCUT2D eigenvalue weighted by Crippen LogP contribution is -2.15. The average Bonchev–Trinajstić information content (AvgIpc) is 1.30. The summed E-state index contributed by atoms with van der Waals surface area (Å²) >= 11 is 3.60. The van der Waals surface area contributed by atoms with Crippen LogP contribution in [-0.4, -0.2) is 34.9 Å². The molecule has 1 aromatic carbocycles. The van der Waals surface area contributed by atoms with Crippen molar-refractivity contribution in [2.75, 3.05) is 0 Å². The standard InChI is InChI=1S/C10H14FN.C10H15N.C10H14.C9H12FN.2C9H13N.C8H12N2.2C8H12S/c1-7-5-8(11)9(12-6-7)10(2,3)4;1-8-5-6-9(11-7-8)10(2,3)4;1-10(2,3)9-7-5-4-6-8-9;1-9(2,3)8-7(10)5-4-6-11-8;1-9(2,3)8-4-6-10-7-5-8;1-9(2,3)8-6-4-5-7-10-8;1-8(2,3)7-6-9-4-5-10-7;1-8(2,3)7-4-5-9-6-7;1-8(2,3)7-5-4-6-9-7/h5-6H,1-4H3;5-7H,1-4H3;4-8H,1-3H3;4-6H,1-3H3;2*4-7H,1-3H3;4-6H,1-3H3;2*4-6H,1-3H3. The summed E-state index contributed by atoms with van der Waals surface area (Å²) in [6.07, 6.45) is 15.9. The van der Waals surface area contributed by atoms with E-state index in [1.165, 1.54) is 39.3 Å². The minimum Gasteiger partial charge on any atom is -0.265 e. The minimum absolute atomic E-state index is 0.119. The molecule has 7 nitrogen and oxygen atoms in total. The van der Waals surface area contributed by atoms with Crippen molar-refractivity contribution in [3.8, 4) is 0 Å². The van der Waals surface area contributed by atoms with Gasteiger partial charge < -0.3 is 0 Å². The van der Waals surface area contributed by atoms with Gasteiger partial charge in [-0.2, -0.15) is 11.3 Å². The van der Waals surface area contributed by atoms with E-state index in [9.17, 15) is 8.78 Å². The van der Waals surface area contributed by atoms with E-state index in [-0.39, 0.29) is 44.1 Å². The summed E-state index contributed by atoms with van der Waals surface area (Å²) in [7, 11) is 0. The monoisotopic (exact) mass is 1290 g/mol. The van der Waals surface area contributed by atoms with Crippen molar-refractivity contribution in [2.24, 2.45) is 0 Å². The molecule has 0 atom stereocenters. The first-order chi connectivity index (χ1) is 42.1. The van der Waals surface area contributed by atoms with Crippen molar-refractivity contribution in [2.45, 2.75) is 250 Å². The van der Waals surface area contributed by atoms with Gasteiger partial charge in [0, 0.05) is 99.1 Å². The second-order valence-electron chi connectivity index (χ2n) is 32.0. The summed E-state index contributed by atoms with van der Waals surface area (Å²) in [5.74, 6) is -0.428. The van der Waals surface area contributed by atoms with Gasteiger partial charge in [0.05, 0.1) is 17.1 Å². The number of benzene rings is 1. The number of halogens is 2. The van der Waals surface area contributed by atoms with Gasteiger partial charge in [0.25, 0.3) is 0 Å². The van der Waals surface area contributed by atoms with E-state index in [1.54, 1.807) is 48.4 Å². The fraction of sp³-hybridized carbons (Fsp3) is 0.469. The molecule has 0 aliphatic carbocycles. The highest BCUT2D eigenvalue weighted by molar-refractivity contribution is 7.10. The molecule has 0 amide bonds. The zero-order valence-corrected chi connectivity index (χ0v) is 63.7. The number of nitrogens with zero attached hydrogens (tertiary/aromatic N) is 7. The molecular weight excluding hydrogens is 1170 g/mol. The SMILES string of the molecule is CC(C)(C)c1ccccc1.CC(C)(C)c1ccccn1.CC(C)(C)c1cccs1.CC(C)(C)c1ccncc1.CC(C)(C)c1ccsc1.CC(C)(C)c1cnccn1.CC(C)(C)c1ncccc1F.Cc1ccc(C(C)(C)C)nc1.Cc1cnc(C(C)(C)C)c(F)c1. The molecule has 0 saturated carbocycles. The van der Waals surface area contributed by atoms with Gasteiger partial charge in [-0.05, 0) is 140 Å². The summed E-state index contributed by atoms with van der Waals surface area (Å²) < 4.78 is 26.3. The Bertz CT molecular complexity index is 3100. The molecule has 0 bridgehead atoms. The lowest BCUT2D eigenvalue weighted by Gasteiger charge is -2.18. The molecule has 0 aliphatic rings. The van der Waals surface area contributed by atoms with Gasteiger partial charge in [-0.25, -0.2) is 8.78 Å². The van der Waals surface area contributed by atoms with E-state index >= 15 is 0 Å². The fourth-order valence-electron chi connectivity index (χ4n) is 7.61. The highest BCUT2D eigenvalue weighted by Gasteiger charge is 2.22. The molecule has 92 heavy (non-hydrogen) atoms. The lowest BCUT2D eigenvalue weighted by atomic mass is 9.87. The molecule has 0 N–H and O–H groups in total. The zero-order chi connectivity index (χ0) is 70.6. The van der Waals surface area contributed by atoms with E-state index in [1.807, 2.05) is 96.7 Å². The third-order valence-corrected chi connectivity index (χ3v) is 15.4. The number of rotatable bonds is 0. The van der Waals surface area contributed by atoms with Gasteiger partial charge >= 0.3 is 0 Å². The van der Waals surface area contributed by atoms with Crippen LogP contribution in [0.3, 0.4) is 0 Å². The van der Waals surface area contributed by atoms with Crippen LogP contribution < -0.4 is 0 Å². The Morgan fingerprint density at radius 3 is 1.11 bits per heavy atom. The first kappa shape index (κ1) is 83.3. The summed E-state index contributed by atoms with van der Waals surface area (Å²) in [6, 6.07) is 35.9. The smallest absolute Gasteiger partial charge is 0.145 e. The van der Waals surface area contributed by atoms with E-state index in [2.05, 4.69) is 282 Å². The van der Waals surface area contributed by atoms with Crippen LogP contribution in [-0.2, 0) is 48.7 Å². The van der Waals surface area contributed by atoms with E-state index in [0.29, 0.717) is 27.6 Å². The van der Waals surface area contributed by atoms with Crippen LogP contribution in [0, 0.1) is 25.5 Å². The molecule has 0 saturated heterocycles. The topological polar surface area (TPSA) is 90.2 Å². The van der Waals surface area contributed by atoms with Crippen LogP contribution in [0.5, 0.6) is 0 Å². The molecule has 8 heterocycles. The molecule has 502 valence electrons. The maximum Gasteiger partial charge on any atom is 0.145 e. The molecular formula is C81H117F2N7S2. The maximum atomic E-state index is 13.3. The van der Waals surface area contributed by atoms with Crippen LogP contribution in [0.15, 0.2) is 181 Å². The number of aromatic nitrogens is 7. The Balaban J connectivity index is 0.000000518. The van der Waals surface area contributed by atoms with Gasteiger partial charge in [-0.3, -0.25) is 34.9 Å². The molecule has 0 fully saturated rings. The maximum absolute atomic E-state index is 13.3. The number of pyridine rings is 5. The highest BCUT2D eigenvalue weighted by atomic mass is 32.1. The Morgan fingerprint density at radius 1 is 0.304 bits per heavy atom. The quantitative estimate of drug-likeness (QED) is 0.149. The third kappa shape index (κ3) is 34.8. The van der Waals surface area contributed by atoms with Crippen molar-refractivity contribution in [1.82, 2.24) is 34.9 Å². The first-order valence-corrected chi connectivity index (χ1v) is 33.8. The van der Waals surface area contributed by atoms with Gasteiger partial charge in [-0.15, -0.1) is 11.3 Å². The Labute approximate surface area is 566 Å². The molecule has 8 aromatic heterocycles. The average molecular weight is 1290 g/mol. The summed E-state index contributed by atoms with van der Waals surface area (Å²) in [6.45, 7) is 61.6. The summed E-state index contributed by atoms with van der Waals surface area (Å²) in [5.41, 5.74) is 11.9. The van der Waals surface area contributed by atoms with Crippen molar-refractivity contribution < 1.29 is 8.78 Å². The number of thiophene rings is 2. The van der Waals surface area contributed by atoms with Crippen molar-refractivity contribution in [1.29, 1.82) is 0 Å². The molecule has 9 aromatic rings. The second-order valence-corrected chi connectivity index (χ2v) is 33.8. The Morgan fingerprint density at radius 2 is 0.793 bits per heavy atom. The number of hydrogen-bond acceptors (Lipinski definition) is 9. The summed E-state index contributed by atoms with van der Waals surface area (Å²) in [5, 5.41) is 6.46. The van der Waals surface area contributed by atoms with Crippen LogP contribution in [0.1, 0.15) is 248 Å². The third-order valence-electron chi connectivity index (χ3n) is 13.4. The molecule has 0 unspecified atom stereocenters. The molecule has 11 heteroatoms. The van der Waals surface area contributed by atoms with Crippen molar-refractivity contribution in [3.05, 3.63) is 254 Å². The van der Waals surface area contributed by atoms with Gasteiger partial charge in [0.2, 0.25) is 0 Å². The van der Waals surface area contributed by atoms with Crippen molar-refractivity contribution >= 4 is 22.7 Å². The van der Waals surface area contributed by atoms with Gasteiger partial charge in [-0.1, -0.05) is 235 Å². The first-order valence-electron chi connectivity index (χ1n) is 31.9. The molecule has 9 rings (SSSR count). The van der Waals surface area contributed by atoms with Crippen LogP contribution in [0.25, 0.3) is 0 Å². The van der Waals surface area contributed by atoms with E-state index < -0.39 is 0 Å². The van der Waals surface area contributed by atoms with Gasteiger partial charge in [0.1, 0.15) is 11.6 Å². The van der Waals surface area contributed by atoms with E-state index in [0.717, 1.165) is 22.6 Å². The molecule has 0 radical (unpaired) electrons. The lowest BCUT2D eigenvalue weighted by molar-refractivity contribution is 0.502. The largest absolute Gasteiger partial charge is 0.265 e. The predicted molar refractivity (Wildman–Crippen MR) is 396 cm³/mol. The Kier molecular flexibility index (Phi) is 33.7. The second kappa shape index (κ2) is 37.3. The molecule has 0 spiro atoms. The summed E-state index contributed by atoms with van der Waals surface area (Å²) in [4.78, 5) is 30.2. The predicted octanol–water partition coefficient (Wildman–Crippen LogP) is 23.6. The number of aryl methyl sites for hydroxylation is 2. The van der Waals surface area contributed by atoms with Crippen LogP contribution >= 0.6 is 22.7 Å². The van der Waals surface area contributed by atoms with Crippen molar-refractivity contribution in [3.63, 3.8) is 0 Å².